The second-order valence-electron chi connectivity index (χ2n) is 11.2. The van der Waals surface area contributed by atoms with Gasteiger partial charge in [0.25, 0.3) is 5.91 Å². The van der Waals surface area contributed by atoms with E-state index in [1.54, 1.807) is 0 Å². The van der Waals surface area contributed by atoms with Gasteiger partial charge in [-0.1, -0.05) is 0 Å². The number of carbonyl (C=O) groups is 3. The number of benzene rings is 2. The van der Waals surface area contributed by atoms with Gasteiger partial charge in [-0.3, -0.25) is 14.4 Å². The van der Waals surface area contributed by atoms with Gasteiger partial charge in [-0.25, -0.2) is 26.3 Å². The number of carboxylic acids is 1. The molecule has 3 aliphatic carbocycles. The highest BCUT2D eigenvalue weighted by Gasteiger charge is 2.52. The number of halogens is 6. The lowest BCUT2D eigenvalue weighted by molar-refractivity contribution is -0.143. The van der Waals surface area contributed by atoms with Crippen LogP contribution in [0.25, 0.3) is 0 Å². The number of aliphatic carboxylic acids is 1. The van der Waals surface area contributed by atoms with Gasteiger partial charge in [-0.05, 0) is 62.8 Å². The highest BCUT2D eigenvalue weighted by molar-refractivity contribution is 5.99. The Morgan fingerprint density at radius 2 is 1.42 bits per heavy atom. The van der Waals surface area contributed by atoms with E-state index in [2.05, 4.69) is 5.32 Å². The summed E-state index contributed by atoms with van der Waals surface area (Å²) in [6.07, 6.45) is 2.62. The van der Waals surface area contributed by atoms with Crippen molar-refractivity contribution < 1.29 is 55.3 Å². The Bertz CT molecular complexity index is 1430. The van der Waals surface area contributed by atoms with Crippen LogP contribution in [0.2, 0.25) is 0 Å². The average Bonchev–Trinajstić information content (AvgIpc) is 3.60. The maximum Gasteiger partial charge on any atom is 0.306 e. The van der Waals surface area contributed by atoms with E-state index < -0.39 is 82.4 Å². The number of amides is 2. The lowest BCUT2D eigenvalue weighted by Crippen LogP contribution is -2.48. The second kappa shape index (κ2) is 12.0. The van der Waals surface area contributed by atoms with Gasteiger partial charge in [0.05, 0.1) is 30.6 Å². The molecule has 4 atom stereocenters. The number of nitrogens with one attached hydrogen (secondary N) is 2. The largest absolute Gasteiger partial charge is 0.496 e. The number of carbonyl (C=O) groups excluding carboxylic acids is 2. The van der Waals surface area contributed by atoms with Gasteiger partial charge in [-0.15, -0.1) is 0 Å². The first-order chi connectivity index (χ1) is 20.4. The Morgan fingerprint density at radius 1 is 0.814 bits per heavy atom. The third-order valence-electron chi connectivity index (χ3n) is 8.79. The maximum absolute atomic E-state index is 14.9. The first-order valence-corrected chi connectivity index (χ1v) is 13.8. The summed E-state index contributed by atoms with van der Waals surface area (Å²) in [4.78, 5) is 37.9. The summed E-state index contributed by atoms with van der Waals surface area (Å²) < 4.78 is 95.2. The molecule has 2 amide bonds. The third kappa shape index (κ3) is 5.70. The fourth-order valence-electron chi connectivity index (χ4n) is 6.61. The number of ether oxygens (including phenoxy) is 2. The molecule has 0 spiro atoms. The molecule has 3 fully saturated rings. The fraction of sp³-hybridized carbons (Fsp3) is 0.483. The Hall–Kier alpha value is -3.97. The molecule has 0 unspecified atom stereocenters. The molecule has 0 saturated heterocycles. The van der Waals surface area contributed by atoms with Crippen molar-refractivity contribution in [3.8, 4) is 11.5 Å². The molecule has 0 aliphatic heterocycles. The molecule has 2 bridgehead atoms. The van der Waals surface area contributed by atoms with Crippen molar-refractivity contribution in [1.29, 1.82) is 0 Å². The molecule has 3 aliphatic rings. The summed E-state index contributed by atoms with van der Waals surface area (Å²) in [5, 5.41) is 13.8. The van der Waals surface area contributed by atoms with Crippen LogP contribution in [0, 0.1) is 58.6 Å². The van der Waals surface area contributed by atoms with Gasteiger partial charge < -0.3 is 25.2 Å². The molecule has 0 aromatic heterocycles. The van der Waals surface area contributed by atoms with Gasteiger partial charge in [0, 0.05) is 12.1 Å². The summed E-state index contributed by atoms with van der Waals surface area (Å²) >= 11 is 0. The lowest BCUT2D eigenvalue weighted by atomic mass is 9.83. The van der Waals surface area contributed by atoms with Crippen molar-refractivity contribution in [3.05, 3.63) is 52.6 Å². The molecule has 14 heteroatoms. The van der Waals surface area contributed by atoms with Gasteiger partial charge in [0.15, 0.2) is 34.8 Å². The van der Waals surface area contributed by atoms with Crippen molar-refractivity contribution in [3.63, 3.8) is 0 Å². The van der Waals surface area contributed by atoms with Crippen molar-refractivity contribution >= 4 is 23.5 Å². The van der Waals surface area contributed by atoms with E-state index in [-0.39, 0.29) is 28.9 Å². The van der Waals surface area contributed by atoms with Gasteiger partial charge in [0.1, 0.15) is 11.4 Å². The number of anilines is 1. The highest BCUT2D eigenvalue weighted by Crippen LogP contribution is 2.49. The molecular formula is C29H28F6N2O6. The summed E-state index contributed by atoms with van der Waals surface area (Å²) in [6.45, 7) is 0. The zero-order valence-electron chi connectivity index (χ0n) is 22.8. The SMILES string of the molecule is COc1cc(F)c(O[C@H]2CC[C@@H](C(=O)O)CC2)cc1C(=O)N[C@@H]1[C@H]2CC[C@H](C2)[C@@H]1C(=O)Nc1c(F)c(F)c(F)c(F)c1F. The fourth-order valence-corrected chi connectivity index (χ4v) is 6.61. The molecule has 5 rings (SSSR count). The second-order valence-corrected chi connectivity index (χ2v) is 11.2. The van der Waals surface area contributed by atoms with Crippen LogP contribution in [0.3, 0.4) is 0 Å². The van der Waals surface area contributed by atoms with Crippen LogP contribution in [0.1, 0.15) is 55.3 Å². The van der Waals surface area contributed by atoms with Crippen molar-refractivity contribution in [2.75, 3.05) is 12.4 Å². The molecule has 2 aromatic carbocycles. The molecule has 43 heavy (non-hydrogen) atoms. The Morgan fingerprint density at radius 3 is 2.02 bits per heavy atom. The maximum atomic E-state index is 14.9. The quantitative estimate of drug-likeness (QED) is 0.210. The highest BCUT2D eigenvalue weighted by atomic mass is 19.2. The van der Waals surface area contributed by atoms with Crippen LogP contribution in [-0.4, -0.2) is 42.1 Å². The van der Waals surface area contributed by atoms with Crippen molar-refractivity contribution in [2.45, 2.75) is 57.1 Å². The van der Waals surface area contributed by atoms with E-state index in [0.29, 0.717) is 44.9 Å². The van der Waals surface area contributed by atoms with E-state index in [1.807, 2.05) is 5.32 Å². The normalized spacial score (nSPS) is 26.2. The first kappa shape index (κ1) is 30.5. The van der Waals surface area contributed by atoms with E-state index >= 15 is 0 Å². The number of hydrogen-bond acceptors (Lipinski definition) is 5. The molecule has 0 radical (unpaired) electrons. The van der Waals surface area contributed by atoms with Gasteiger partial charge >= 0.3 is 5.97 Å². The van der Waals surface area contributed by atoms with Crippen molar-refractivity contribution in [1.82, 2.24) is 5.32 Å². The number of carboxylic acid groups (broad SMARTS) is 1. The molecule has 3 N–H and O–H groups in total. The third-order valence-corrected chi connectivity index (χ3v) is 8.79. The smallest absolute Gasteiger partial charge is 0.306 e. The number of rotatable bonds is 8. The van der Waals surface area contributed by atoms with Crippen LogP contribution < -0.4 is 20.1 Å². The topological polar surface area (TPSA) is 114 Å². The zero-order valence-corrected chi connectivity index (χ0v) is 22.8. The molecule has 3 saturated carbocycles. The number of methoxy groups -OCH3 is 1. The van der Waals surface area contributed by atoms with E-state index in [0.717, 1.165) is 12.1 Å². The first-order valence-electron chi connectivity index (χ1n) is 13.8. The zero-order chi connectivity index (χ0) is 31.2. The summed E-state index contributed by atoms with van der Waals surface area (Å²) in [6, 6.07) is 1.24. The van der Waals surface area contributed by atoms with Crippen LogP contribution in [0.4, 0.5) is 32.0 Å². The van der Waals surface area contributed by atoms with Crippen LogP contribution in [0.5, 0.6) is 11.5 Å². The molecule has 2 aromatic rings. The minimum absolute atomic E-state index is 0.125. The standard InChI is InChI=1S/C29H28F6N2O6/c1-42-17-10-16(30)18(43-14-6-4-11(5-7-14)29(40)41)9-15(17)27(38)36-25-13-3-2-12(8-13)19(25)28(39)37-26-23(34)21(32)20(31)22(33)24(26)35/h9-14,19,25H,2-8H2,1H3,(H,36,38)(H,37,39)(H,40,41)/t11-,12-,13+,14+,19+,25-/m1/s1. The van der Waals surface area contributed by atoms with Crippen molar-refractivity contribution in [2.24, 2.45) is 23.7 Å². The summed E-state index contributed by atoms with van der Waals surface area (Å²) in [5.74, 6) is -17.1. The Kier molecular flexibility index (Phi) is 8.48. The minimum atomic E-state index is -2.36. The van der Waals surface area contributed by atoms with Gasteiger partial charge in [-0.2, -0.15) is 0 Å². The number of fused-ring (bicyclic) bond motifs is 2. The Balaban J connectivity index is 1.35. The predicted octanol–water partition coefficient (Wildman–Crippen LogP) is 5.34. The molecule has 232 valence electrons. The Labute approximate surface area is 241 Å². The average molecular weight is 615 g/mol. The van der Waals surface area contributed by atoms with E-state index in [4.69, 9.17) is 9.47 Å². The lowest BCUT2D eigenvalue weighted by Gasteiger charge is -2.31. The summed E-state index contributed by atoms with van der Waals surface area (Å²) in [5.41, 5.74) is -1.60. The van der Waals surface area contributed by atoms with Crippen LogP contribution >= 0.6 is 0 Å². The summed E-state index contributed by atoms with van der Waals surface area (Å²) in [7, 11) is 1.22. The minimum Gasteiger partial charge on any atom is -0.496 e. The molecular weight excluding hydrogens is 586 g/mol. The molecule has 0 heterocycles. The molecule has 8 nitrogen and oxygen atoms in total. The van der Waals surface area contributed by atoms with E-state index in [1.165, 1.54) is 7.11 Å². The van der Waals surface area contributed by atoms with Gasteiger partial charge in [0.2, 0.25) is 11.7 Å². The van der Waals surface area contributed by atoms with Crippen LogP contribution in [-0.2, 0) is 9.59 Å². The monoisotopic (exact) mass is 614 g/mol. The predicted molar refractivity (Wildman–Crippen MR) is 137 cm³/mol. The van der Waals surface area contributed by atoms with E-state index in [9.17, 15) is 45.8 Å². The van der Waals surface area contributed by atoms with Crippen LogP contribution in [0.15, 0.2) is 12.1 Å². The number of hydrogen-bond donors (Lipinski definition) is 3.